The predicted octanol–water partition coefficient (Wildman–Crippen LogP) is 3.53. The van der Waals surface area contributed by atoms with Crippen LogP contribution in [0.25, 0.3) is 22.0 Å². The van der Waals surface area contributed by atoms with Crippen molar-refractivity contribution in [2.45, 2.75) is 20.4 Å². The molecule has 21 heavy (non-hydrogen) atoms. The van der Waals surface area contributed by atoms with Gasteiger partial charge in [0.1, 0.15) is 5.82 Å². The SMILES string of the molecule is CCn1ccc2cc(-c3ccc(F)cc3)nc(C)c2c1=O. The number of nitrogens with zero attached hydrogens (tertiary/aromatic N) is 2. The quantitative estimate of drug-likeness (QED) is 0.720. The Balaban J connectivity index is 2.25. The number of halogens is 1. The monoisotopic (exact) mass is 282 g/mol. The van der Waals surface area contributed by atoms with Crippen LogP contribution in [0.3, 0.4) is 0 Å². The first-order chi connectivity index (χ1) is 10.1. The molecular formula is C17H15FN2O. The third-order valence-corrected chi connectivity index (χ3v) is 3.62. The van der Waals surface area contributed by atoms with E-state index in [-0.39, 0.29) is 11.4 Å². The second-order valence-corrected chi connectivity index (χ2v) is 4.97. The molecule has 0 unspecified atom stereocenters. The van der Waals surface area contributed by atoms with Gasteiger partial charge in [-0.05, 0) is 55.6 Å². The van der Waals surface area contributed by atoms with E-state index in [0.717, 1.165) is 16.6 Å². The van der Waals surface area contributed by atoms with E-state index >= 15 is 0 Å². The van der Waals surface area contributed by atoms with Gasteiger partial charge >= 0.3 is 0 Å². The molecule has 2 aromatic heterocycles. The lowest BCUT2D eigenvalue weighted by Crippen LogP contribution is -2.19. The number of fused-ring (bicyclic) bond motifs is 1. The van der Waals surface area contributed by atoms with Crippen molar-refractivity contribution in [2.75, 3.05) is 0 Å². The van der Waals surface area contributed by atoms with E-state index in [9.17, 15) is 9.18 Å². The topological polar surface area (TPSA) is 34.9 Å². The van der Waals surface area contributed by atoms with Crippen molar-refractivity contribution in [2.24, 2.45) is 0 Å². The fraction of sp³-hybridized carbons (Fsp3) is 0.176. The predicted molar refractivity (Wildman–Crippen MR) is 81.8 cm³/mol. The highest BCUT2D eigenvalue weighted by Gasteiger charge is 2.09. The molecule has 0 saturated carbocycles. The summed E-state index contributed by atoms with van der Waals surface area (Å²) in [7, 11) is 0. The Morgan fingerprint density at radius 3 is 2.57 bits per heavy atom. The van der Waals surface area contributed by atoms with Crippen LogP contribution in [0.4, 0.5) is 4.39 Å². The molecule has 0 aliphatic heterocycles. The van der Waals surface area contributed by atoms with Crippen LogP contribution in [0.1, 0.15) is 12.6 Å². The maximum atomic E-state index is 13.0. The average molecular weight is 282 g/mol. The van der Waals surface area contributed by atoms with Crippen LogP contribution in [0.2, 0.25) is 0 Å². The van der Waals surface area contributed by atoms with E-state index in [4.69, 9.17) is 0 Å². The lowest BCUT2D eigenvalue weighted by molar-refractivity contribution is 0.628. The molecule has 4 heteroatoms. The Morgan fingerprint density at radius 2 is 1.90 bits per heavy atom. The molecule has 106 valence electrons. The molecule has 0 aliphatic rings. The van der Waals surface area contributed by atoms with Gasteiger partial charge in [-0.15, -0.1) is 0 Å². The van der Waals surface area contributed by atoms with Crippen molar-refractivity contribution >= 4 is 10.8 Å². The Morgan fingerprint density at radius 1 is 1.19 bits per heavy atom. The number of pyridine rings is 2. The number of benzene rings is 1. The summed E-state index contributed by atoms with van der Waals surface area (Å²) in [5.74, 6) is -0.276. The summed E-state index contributed by atoms with van der Waals surface area (Å²) in [4.78, 5) is 16.8. The number of hydrogen-bond donors (Lipinski definition) is 0. The first-order valence-electron chi connectivity index (χ1n) is 6.87. The zero-order valence-electron chi connectivity index (χ0n) is 11.9. The summed E-state index contributed by atoms with van der Waals surface area (Å²) >= 11 is 0. The molecule has 3 rings (SSSR count). The minimum atomic E-state index is -0.276. The van der Waals surface area contributed by atoms with Gasteiger partial charge in [-0.1, -0.05) is 0 Å². The minimum Gasteiger partial charge on any atom is -0.315 e. The first-order valence-corrected chi connectivity index (χ1v) is 6.87. The van der Waals surface area contributed by atoms with Crippen LogP contribution in [-0.2, 0) is 6.54 Å². The molecule has 0 atom stereocenters. The molecule has 3 nitrogen and oxygen atoms in total. The number of aromatic nitrogens is 2. The molecule has 0 spiro atoms. The number of rotatable bonds is 2. The second-order valence-electron chi connectivity index (χ2n) is 4.97. The van der Waals surface area contributed by atoms with Gasteiger partial charge in [0, 0.05) is 18.3 Å². The molecule has 0 N–H and O–H groups in total. The summed E-state index contributed by atoms with van der Waals surface area (Å²) < 4.78 is 14.7. The highest BCUT2D eigenvalue weighted by molar-refractivity contribution is 5.86. The van der Waals surface area contributed by atoms with Gasteiger partial charge in [-0.25, -0.2) is 4.39 Å². The van der Waals surface area contributed by atoms with E-state index in [0.29, 0.717) is 17.6 Å². The van der Waals surface area contributed by atoms with E-state index < -0.39 is 0 Å². The summed E-state index contributed by atoms with van der Waals surface area (Å²) in [6.45, 7) is 4.40. The van der Waals surface area contributed by atoms with Crippen LogP contribution >= 0.6 is 0 Å². The van der Waals surface area contributed by atoms with Gasteiger partial charge in [0.15, 0.2) is 0 Å². The summed E-state index contributed by atoms with van der Waals surface area (Å²) in [5.41, 5.74) is 2.25. The first kappa shape index (κ1) is 13.5. The Labute approximate surface area is 121 Å². The fourth-order valence-electron chi connectivity index (χ4n) is 2.51. The van der Waals surface area contributed by atoms with Gasteiger partial charge in [-0.2, -0.15) is 0 Å². The van der Waals surface area contributed by atoms with E-state index in [2.05, 4.69) is 4.98 Å². The molecule has 0 saturated heterocycles. The molecule has 1 aromatic carbocycles. The van der Waals surface area contributed by atoms with Crippen molar-refractivity contribution in [3.05, 3.63) is 64.5 Å². The van der Waals surface area contributed by atoms with E-state index in [1.54, 1.807) is 22.9 Å². The van der Waals surface area contributed by atoms with Crippen LogP contribution in [0.5, 0.6) is 0 Å². The number of aryl methyl sites for hydroxylation is 2. The van der Waals surface area contributed by atoms with E-state index in [1.807, 2.05) is 26.0 Å². The van der Waals surface area contributed by atoms with Crippen molar-refractivity contribution in [1.82, 2.24) is 9.55 Å². The van der Waals surface area contributed by atoms with Crippen molar-refractivity contribution in [3.63, 3.8) is 0 Å². The highest BCUT2D eigenvalue weighted by atomic mass is 19.1. The maximum absolute atomic E-state index is 13.0. The second kappa shape index (κ2) is 5.13. The molecular weight excluding hydrogens is 267 g/mol. The molecule has 3 aromatic rings. The summed E-state index contributed by atoms with van der Waals surface area (Å²) in [5, 5.41) is 1.50. The molecule has 0 bridgehead atoms. The highest BCUT2D eigenvalue weighted by Crippen LogP contribution is 2.23. The molecule has 0 aliphatic carbocycles. The zero-order valence-corrected chi connectivity index (χ0v) is 11.9. The molecule has 0 amide bonds. The largest absolute Gasteiger partial charge is 0.315 e. The summed E-state index contributed by atoms with van der Waals surface area (Å²) in [6, 6.07) is 9.99. The van der Waals surface area contributed by atoms with Crippen molar-refractivity contribution < 1.29 is 4.39 Å². The van der Waals surface area contributed by atoms with Crippen LogP contribution in [0.15, 0.2) is 47.4 Å². The fourth-order valence-corrected chi connectivity index (χ4v) is 2.51. The normalized spacial score (nSPS) is 11.0. The average Bonchev–Trinajstić information content (AvgIpc) is 2.48. The number of hydrogen-bond acceptors (Lipinski definition) is 2. The lowest BCUT2D eigenvalue weighted by atomic mass is 10.1. The molecule has 0 radical (unpaired) electrons. The molecule has 0 fully saturated rings. The van der Waals surface area contributed by atoms with Crippen molar-refractivity contribution in [3.8, 4) is 11.3 Å². The van der Waals surface area contributed by atoms with Gasteiger partial charge in [0.05, 0.1) is 16.8 Å². The van der Waals surface area contributed by atoms with Crippen molar-refractivity contribution in [1.29, 1.82) is 0 Å². The lowest BCUT2D eigenvalue weighted by Gasteiger charge is -2.09. The van der Waals surface area contributed by atoms with Crippen LogP contribution in [0, 0.1) is 12.7 Å². The van der Waals surface area contributed by atoms with Gasteiger partial charge in [-0.3, -0.25) is 9.78 Å². The van der Waals surface area contributed by atoms with E-state index in [1.165, 1.54) is 12.1 Å². The maximum Gasteiger partial charge on any atom is 0.260 e. The van der Waals surface area contributed by atoms with Gasteiger partial charge in [0.2, 0.25) is 0 Å². The van der Waals surface area contributed by atoms with Crippen LogP contribution in [-0.4, -0.2) is 9.55 Å². The zero-order chi connectivity index (χ0) is 15.0. The third kappa shape index (κ3) is 2.33. The standard InChI is InChI=1S/C17H15FN2O/c1-3-20-9-8-13-10-15(12-4-6-14(18)7-5-12)19-11(2)16(13)17(20)21/h4-10H,3H2,1-2H3. The summed E-state index contributed by atoms with van der Waals surface area (Å²) in [6.07, 6.45) is 1.79. The Kier molecular flexibility index (Phi) is 3.29. The van der Waals surface area contributed by atoms with Gasteiger partial charge < -0.3 is 4.57 Å². The molecule has 2 heterocycles. The van der Waals surface area contributed by atoms with Gasteiger partial charge in [0.25, 0.3) is 5.56 Å². The van der Waals surface area contributed by atoms with Crippen LogP contribution < -0.4 is 5.56 Å². The Hall–Kier alpha value is -2.49. The Bertz CT molecular complexity index is 866. The third-order valence-electron chi connectivity index (χ3n) is 3.62. The minimum absolute atomic E-state index is 0.0225. The smallest absolute Gasteiger partial charge is 0.260 e.